The van der Waals surface area contributed by atoms with Crippen LogP contribution in [0.3, 0.4) is 0 Å². The largest absolute Gasteiger partial charge is 0.508 e. The van der Waals surface area contributed by atoms with Crippen LogP contribution in [0.15, 0.2) is 85.1 Å². The minimum atomic E-state index is -1.79. The molecule has 2 heterocycles. The summed E-state index contributed by atoms with van der Waals surface area (Å²) in [6.07, 6.45) is -1.69. The number of aliphatic carboxylic acids is 4. The number of H-pyrrole nitrogens is 1. The topological polar surface area (TPSA) is 497 Å². The lowest BCUT2D eigenvalue weighted by Gasteiger charge is -2.33. The number of fused-ring (bicyclic) bond motifs is 1. The first-order valence-corrected chi connectivity index (χ1v) is 33.7. The van der Waals surface area contributed by atoms with E-state index in [-0.39, 0.29) is 109 Å². The molecule has 1 aliphatic rings. The molecule has 1 aliphatic heterocycles. The number of aliphatic hydroxyl groups is 2. The molecular weight excluding hydrogens is 1340 g/mol. The van der Waals surface area contributed by atoms with Gasteiger partial charge in [-0.25, -0.2) is 4.79 Å². The molecule has 8 amide bonds. The van der Waals surface area contributed by atoms with Crippen LogP contribution < -0.4 is 48.3 Å². The molecule has 0 saturated carbocycles. The fraction of sp³-hybridized carbons (Fsp3) is 0.508. The number of phenols is 1. The van der Waals surface area contributed by atoms with Crippen molar-refractivity contribution in [2.45, 2.75) is 113 Å². The molecule has 10 atom stereocenters. The number of phenolic OH excluding ortho intramolecular Hbond substituents is 1. The van der Waals surface area contributed by atoms with Crippen molar-refractivity contribution in [2.24, 2.45) is 5.73 Å². The van der Waals surface area contributed by atoms with Crippen LogP contribution in [0.4, 0.5) is 0 Å². The van der Waals surface area contributed by atoms with Crippen molar-refractivity contribution in [3.05, 3.63) is 102 Å². The van der Waals surface area contributed by atoms with Crippen LogP contribution in [0, 0.1) is 0 Å². The van der Waals surface area contributed by atoms with Crippen molar-refractivity contribution in [2.75, 3.05) is 96.6 Å². The van der Waals surface area contributed by atoms with Crippen LogP contribution >= 0.6 is 25.3 Å². The molecule has 0 spiro atoms. The molecule has 18 N–H and O–H groups in total. The summed E-state index contributed by atoms with van der Waals surface area (Å²) >= 11 is 8.52. The molecule has 5 rings (SSSR count). The molecule has 1 fully saturated rings. The molecule has 548 valence electrons. The molecule has 33 nitrogen and oxygen atoms in total. The summed E-state index contributed by atoms with van der Waals surface area (Å²) in [5.74, 6) is -13.4. The molecule has 100 heavy (non-hydrogen) atoms. The van der Waals surface area contributed by atoms with Gasteiger partial charge < -0.3 is 89.0 Å². The number of aromatic amines is 1. The maximum Gasteiger partial charge on any atom is 0.328 e. The van der Waals surface area contributed by atoms with Gasteiger partial charge in [-0.1, -0.05) is 60.7 Å². The molecule has 0 radical (unpaired) electrons. The number of aromatic nitrogens is 1. The van der Waals surface area contributed by atoms with Crippen LogP contribution in [0.2, 0.25) is 0 Å². The number of carboxylic acid groups (broad SMARTS) is 4. The maximum absolute atomic E-state index is 15.0. The molecule has 4 aromatic rings. The average Bonchev–Trinajstić information content (AvgIpc) is 1.60. The monoisotopic (exact) mass is 1440 g/mol. The summed E-state index contributed by atoms with van der Waals surface area (Å²) in [5, 5.41) is 90.5. The molecule has 3 aromatic carbocycles. The second-order valence-electron chi connectivity index (χ2n) is 24.3. The predicted molar refractivity (Wildman–Crippen MR) is 370 cm³/mol. The number of rotatable bonds is 38. The van der Waals surface area contributed by atoms with Crippen molar-refractivity contribution in [1.82, 2.24) is 67.1 Å². The van der Waals surface area contributed by atoms with E-state index in [9.17, 15) is 88.5 Å². The van der Waals surface area contributed by atoms with Gasteiger partial charge in [0.05, 0.1) is 38.4 Å². The highest BCUT2D eigenvalue weighted by Gasteiger charge is 2.37. The van der Waals surface area contributed by atoms with E-state index in [1.54, 1.807) is 80.4 Å². The van der Waals surface area contributed by atoms with E-state index in [4.69, 9.17) is 5.73 Å². The highest BCUT2D eigenvalue weighted by Crippen LogP contribution is 2.21. The summed E-state index contributed by atoms with van der Waals surface area (Å²) in [7, 11) is 0. The Labute approximate surface area is 587 Å². The summed E-state index contributed by atoms with van der Waals surface area (Å²) in [6, 6.07) is 8.67. The van der Waals surface area contributed by atoms with Gasteiger partial charge in [-0.15, -0.1) is 0 Å². The lowest BCUT2D eigenvalue weighted by molar-refractivity contribution is -0.145. The van der Waals surface area contributed by atoms with Gasteiger partial charge in [0, 0.05) is 100 Å². The smallest absolute Gasteiger partial charge is 0.328 e. The number of amides is 8. The molecule has 0 unspecified atom stereocenters. The minimum absolute atomic E-state index is 0.0703. The molecule has 35 heteroatoms. The number of hydrogen-bond donors (Lipinski definition) is 19. The number of carbonyl (C=O) groups is 12. The fourth-order valence-corrected chi connectivity index (χ4v) is 11.4. The fourth-order valence-electron chi connectivity index (χ4n) is 10.9. The zero-order chi connectivity index (χ0) is 73.6. The van der Waals surface area contributed by atoms with E-state index in [0.29, 0.717) is 34.0 Å². The Morgan fingerprint density at radius 2 is 0.850 bits per heavy atom. The number of aliphatic hydroxyl groups excluding tert-OH is 2. The quantitative estimate of drug-likeness (QED) is 0.0151. The van der Waals surface area contributed by atoms with E-state index in [1.807, 2.05) is 0 Å². The Bertz CT molecular complexity index is 3370. The number of para-hydroxylation sites is 1. The van der Waals surface area contributed by atoms with Crippen molar-refractivity contribution in [1.29, 1.82) is 0 Å². The second-order valence-corrected chi connectivity index (χ2v) is 25.0. The summed E-state index contributed by atoms with van der Waals surface area (Å²) in [6.45, 7) is 1.67. The van der Waals surface area contributed by atoms with Crippen LogP contribution in [0.5, 0.6) is 5.75 Å². The lowest BCUT2D eigenvalue weighted by atomic mass is 10.0. The highest BCUT2D eigenvalue weighted by molar-refractivity contribution is 7.80. The van der Waals surface area contributed by atoms with Crippen molar-refractivity contribution in [3.8, 4) is 5.75 Å². The number of aromatic hydroxyl groups is 1. The molecule has 1 aromatic heterocycles. The van der Waals surface area contributed by atoms with Crippen LogP contribution in [-0.2, 0) is 76.8 Å². The van der Waals surface area contributed by atoms with Gasteiger partial charge >= 0.3 is 23.9 Å². The third kappa shape index (κ3) is 27.6. The Balaban J connectivity index is 1.42. The van der Waals surface area contributed by atoms with Crippen molar-refractivity contribution in [3.63, 3.8) is 0 Å². The van der Waals surface area contributed by atoms with E-state index in [1.165, 1.54) is 24.3 Å². The van der Waals surface area contributed by atoms with Gasteiger partial charge in [0.15, 0.2) is 6.04 Å². The van der Waals surface area contributed by atoms with Crippen LogP contribution in [-0.4, -0.2) is 289 Å². The van der Waals surface area contributed by atoms with Gasteiger partial charge in [-0.05, 0) is 74.5 Å². The third-order valence-corrected chi connectivity index (χ3v) is 17.1. The van der Waals surface area contributed by atoms with Crippen molar-refractivity contribution < 1.29 is 93.3 Å². The van der Waals surface area contributed by atoms with Gasteiger partial charge in [0.25, 0.3) is 0 Å². The van der Waals surface area contributed by atoms with E-state index in [0.717, 1.165) is 13.8 Å². The van der Waals surface area contributed by atoms with Gasteiger partial charge in [-0.3, -0.25) is 72.3 Å². The predicted octanol–water partition coefficient (Wildman–Crippen LogP) is -3.91. The van der Waals surface area contributed by atoms with E-state index < -0.39 is 157 Å². The number of nitrogens with zero attached hydrogens (tertiary/aromatic N) is 4. The Hall–Kier alpha value is -8.94. The normalized spacial score (nSPS) is 16.7. The minimum Gasteiger partial charge on any atom is -0.508 e. The Morgan fingerprint density at radius 3 is 1.32 bits per heavy atom. The number of hydrogen-bond acceptors (Lipinski definition) is 22. The molecule has 1 saturated heterocycles. The first kappa shape index (κ1) is 81.7. The number of thiol groups is 2. The maximum atomic E-state index is 15.0. The first-order chi connectivity index (χ1) is 47.6. The SMILES string of the molecule is C[C@@H](O)[C@H](NC(=O)[C@H](CS)NC(=O)[C@@H](NC(=O)[C@H](CCCCN)NC(=O)[C@@H](Cc1c[nH]c2ccccc12)NC(=O)[C@H](Cc1ccccc1)NC(=O)[C@H](CS)NC(=O)[C@@H](Cc1ccc(O)cc1)NC(=O)CN1CCN(CC(=O)O)CCN(CC(=O)O)CCN(CC(=O)O)CC1)[C@@H](C)O)C(=O)O. The van der Waals surface area contributed by atoms with Crippen LogP contribution in [0.1, 0.15) is 49.8 Å². The lowest BCUT2D eigenvalue weighted by Crippen LogP contribution is -2.62. The van der Waals surface area contributed by atoms with Gasteiger partial charge in [-0.2, -0.15) is 25.3 Å². The van der Waals surface area contributed by atoms with Crippen molar-refractivity contribution >= 4 is 107 Å². The zero-order valence-electron chi connectivity index (χ0n) is 55.5. The molecular formula is C65H92N14O19S2. The van der Waals surface area contributed by atoms with Gasteiger partial charge in [0.2, 0.25) is 47.3 Å². The molecule has 0 aliphatic carbocycles. The number of benzene rings is 3. The average molecular weight is 1440 g/mol. The highest BCUT2D eigenvalue weighted by atomic mass is 32.1. The third-order valence-electron chi connectivity index (χ3n) is 16.4. The van der Waals surface area contributed by atoms with Gasteiger partial charge in [0.1, 0.15) is 48.0 Å². The second kappa shape index (κ2) is 41.6. The summed E-state index contributed by atoms with van der Waals surface area (Å²) in [5.41, 5.74) is 8.01. The Morgan fingerprint density at radius 1 is 0.460 bits per heavy atom. The summed E-state index contributed by atoms with van der Waals surface area (Å²) < 4.78 is 0. The number of carbonyl (C=O) groups excluding carboxylic acids is 8. The number of nitrogens with two attached hydrogens (primary N) is 1. The van der Waals surface area contributed by atoms with E-state index in [2.05, 4.69) is 72.8 Å². The molecule has 0 bridgehead atoms. The first-order valence-electron chi connectivity index (χ1n) is 32.4. The van der Waals surface area contributed by atoms with Crippen LogP contribution in [0.25, 0.3) is 10.9 Å². The zero-order valence-corrected chi connectivity index (χ0v) is 57.3. The van der Waals surface area contributed by atoms with E-state index >= 15 is 4.79 Å². The standard InChI is InChI=1S/C65H92N14O19S2/c1-38(80)56(64(96)73-51(37-100)63(95)75-57(39(2)81)65(97)98)74-58(90)46(14-8-9-19-66)69-61(93)49(30-42-31-67-45-13-7-6-12-44(42)45)71-60(92)48(28-40-10-4-3-5-11-40)70-62(94)50(36-99)72-59(91)47(29-41-15-17-43(82)18-16-41)68-52(83)32-76-20-22-77(33-53(84)85)24-26-79(35-55(88)89)27-25-78(23-21-76)34-54(86)87/h3-7,10-13,15-18,31,38-39,46-51,56-57,67,80-82,99-100H,8-9,14,19-30,32-37,66H2,1-2H3,(H,68,83)(H,69,93)(H,70,94)(H,71,92)(H,72,91)(H,73,96)(H,74,90)(H,75,95)(H,84,85)(H,86,87)(H,88,89)(H,97,98)/t38-,39-,46+,47-,48+,49-,50+,51+,56+,57+/m1/s1. The number of unbranched alkanes of at least 4 members (excludes halogenated alkanes) is 1. The Kier molecular flexibility index (Phi) is 34.0. The number of nitrogens with one attached hydrogen (secondary N) is 9. The summed E-state index contributed by atoms with van der Waals surface area (Å²) in [4.78, 5) is 172. The number of carboxylic acids is 4.